The smallest absolute Gasteiger partial charge is 0.134 e. The van der Waals surface area contributed by atoms with Crippen LogP contribution in [0.4, 0.5) is 5.82 Å². The molecule has 2 aliphatic rings. The second-order valence-corrected chi connectivity index (χ2v) is 8.72. The molecule has 0 bridgehead atoms. The Bertz CT molecular complexity index is 829. The topological polar surface area (TPSA) is 45.6 Å². The molecule has 1 aliphatic heterocycles. The molecule has 1 N–H and O–H groups in total. The second kappa shape index (κ2) is 6.79. The summed E-state index contributed by atoms with van der Waals surface area (Å²) < 4.78 is 6.31. The summed E-state index contributed by atoms with van der Waals surface area (Å²) in [6, 6.07) is 8.57. The van der Waals surface area contributed by atoms with Gasteiger partial charge in [0.1, 0.15) is 5.82 Å². The van der Waals surface area contributed by atoms with Crippen LogP contribution in [0.2, 0.25) is 5.02 Å². The van der Waals surface area contributed by atoms with Crippen LogP contribution in [0.25, 0.3) is 0 Å². The van der Waals surface area contributed by atoms with Crippen molar-refractivity contribution in [1.29, 1.82) is 0 Å². The number of pyridine rings is 1. The molecule has 1 aromatic carbocycles. The van der Waals surface area contributed by atoms with Gasteiger partial charge in [0.25, 0.3) is 0 Å². The zero-order valence-electron chi connectivity index (χ0n) is 14.9. The molecule has 4 nitrogen and oxygen atoms in total. The fourth-order valence-corrected chi connectivity index (χ4v) is 5.07. The lowest BCUT2D eigenvalue weighted by Gasteiger charge is -2.26. The Balaban J connectivity index is 1.74. The second-order valence-electron chi connectivity index (χ2n) is 7.49. The molecule has 1 saturated carbocycles. The van der Waals surface area contributed by atoms with Gasteiger partial charge in [0, 0.05) is 37.4 Å². The van der Waals surface area contributed by atoms with Crippen molar-refractivity contribution in [3.8, 4) is 0 Å². The number of benzene rings is 1. The van der Waals surface area contributed by atoms with E-state index in [1.165, 1.54) is 11.1 Å². The number of hydrogen-bond acceptors (Lipinski definition) is 4. The molecule has 1 aliphatic carbocycles. The van der Waals surface area contributed by atoms with E-state index in [1.807, 2.05) is 0 Å². The molecule has 26 heavy (non-hydrogen) atoms. The highest BCUT2D eigenvalue weighted by atomic mass is 79.9. The SMILES string of the molecule is CO[C@@H]1C[C@]2(C[C@H]1O)CN(Cc1ccc(C)cc1)c1ncc(Br)c(Cl)c12. The summed E-state index contributed by atoms with van der Waals surface area (Å²) in [6.45, 7) is 3.65. The van der Waals surface area contributed by atoms with Gasteiger partial charge in [-0.3, -0.25) is 0 Å². The highest BCUT2D eigenvalue weighted by Gasteiger charge is 2.53. The van der Waals surface area contributed by atoms with Crippen molar-refractivity contribution in [2.45, 2.75) is 43.9 Å². The van der Waals surface area contributed by atoms with Crippen molar-refractivity contribution in [1.82, 2.24) is 4.98 Å². The minimum atomic E-state index is -0.484. The zero-order chi connectivity index (χ0) is 18.5. The number of nitrogens with zero attached hydrogens (tertiary/aromatic N) is 2. The summed E-state index contributed by atoms with van der Waals surface area (Å²) in [6.07, 6.45) is 2.50. The van der Waals surface area contributed by atoms with Crippen LogP contribution in [0.3, 0.4) is 0 Å². The summed E-state index contributed by atoms with van der Waals surface area (Å²) >= 11 is 10.2. The Morgan fingerprint density at radius 2 is 2.08 bits per heavy atom. The van der Waals surface area contributed by atoms with Crippen LogP contribution in [-0.4, -0.2) is 36.0 Å². The molecule has 0 amide bonds. The van der Waals surface area contributed by atoms with Gasteiger partial charge in [-0.15, -0.1) is 0 Å². The van der Waals surface area contributed by atoms with Crippen LogP contribution in [0, 0.1) is 6.92 Å². The first-order valence-corrected chi connectivity index (χ1v) is 9.96. The number of fused-ring (bicyclic) bond motifs is 2. The Hall–Kier alpha value is -1.14. The summed E-state index contributed by atoms with van der Waals surface area (Å²) in [5, 5.41) is 11.2. The Morgan fingerprint density at radius 1 is 1.35 bits per heavy atom. The largest absolute Gasteiger partial charge is 0.390 e. The van der Waals surface area contributed by atoms with Gasteiger partial charge in [0.15, 0.2) is 0 Å². The Labute approximate surface area is 167 Å². The third-order valence-corrected chi connectivity index (χ3v) is 6.92. The van der Waals surface area contributed by atoms with Gasteiger partial charge in [-0.25, -0.2) is 4.98 Å². The average Bonchev–Trinajstić information content (AvgIpc) is 3.10. The lowest BCUT2D eigenvalue weighted by Crippen LogP contribution is -2.32. The molecule has 1 fully saturated rings. The molecule has 2 aromatic rings. The maximum atomic E-state index is 10.5. The number of rotatable bonds is 3. The van der Waals surface area contributed by atoms with Gasteiger partial charge in [-0.1, -0.05) is 41.4 Å². The van der Waals surface area contributed by atoms with Crippen molar-refractivity contribution < 1.29 is 9.84 Å². The highest BCUT2D eigenvalue weighted by molar-refractivity contribution is 9.10. The fraction of sp³-hybridized carbons (Fsp3) is 0.450. The first-order valence-electron chi connectivity index (χ1n) is 8.79. The van der Waals surface area contributed by atoms with Crippen molar-refractivity contribution >= 4 is 33.3 Å². The first kappa shape index (κ1) is 18.2. The average molecular weight is 438 g/mol. The van der Waals surface area contributed by atoms with E-state index in [4.69, 9.17) is 16.3 Å². The third-order valence-electron chi connectivity index (χ3n) is 5.69. The number of aliphatic hydroxyl groups is 1. The number of aromatic nitrogens is 1. The van der Waals surface area contributed by atoms with Crippen LogP contribution in [0.15, 0.2) is 34.9 Å². The molecule has 1 aromatic heterocycles. The Morgan fingerprint density at radius 3 is 2.73 bits per heavy atom. The molecule has 3 atom stereocenters. The van der Waals surface area contributed by atoms with Gasteiger partial charge < -0.3 is 14.7 Å². The van der Waals surface area contributed by atoms with E-state index >= 15 is 0 Å². The number of aliphatic hydroxyl groups excluding tert-OH is 1. The van der Waals surface area contributed by atoms with Gasteiger partial charge in [-0.05, 0) is 41.3 Å². The molecule has 6 heteroatoms. The van der Waals surface area contributed by atoms with Gasteiger partial charge >= 0.3 is 0 Å². The van der Waals surface area contributed by atoms with Crippen LogP contribution in [0.5, 0.6) is 0 Å². The first-order chi connectivity index (χ1) is 12.4. The lowest BCUT2D eigenvalue weighted by molar-refractivity contribution is 0.00973. The molecule has 0 unspecified atom stereocenters. The van der Waals surface area contributed by atoms with Gasteiger partial charge in [-0.2, -0.15) is 0 Å². The monoisotopic (exact) mass is 436 g/mol. The maximum absolute atomic E-state index is 10.5. The highest BCUT2D eigenvalue weighted by Crippen LogP contribution is 2.54. The summed E-state index contributed by atoms with van der Waals surface area (Å²) in [7, 11) is 1.66. The van der Waals surface area contributed by atoms with E-state index in [2.05, 4.69) is 57.0 Å². The van der Waals surface area contributed by atoms with Crippen molar-refractivity contribution in [3.05, 3.63) is 56.6 Å². The summed E-state index contributed by atoms with van der Waals surface area (Å²) in [4.78, 5) is 6.96. The van der Waals surface area contributed by atoms with Crippen LogP contribution in [-0.2, 0) is 16.7 Å². The van der Waals surface area contributed by atoms with Crippen molar-refractivity contribution in [2.75, 3.05) is 18.6 Å². The molecule has 1 spiro atoms. The quantitative estimate of drug-likeness (QED) is 0.780. The number of ether oxygens (including phenoxy) is 1. The molecular weight excluding hydrogens is 416 g/mol. The minimum Gasteiger partial charge on any atom is -0.390 e. The molecule has 4 rings (SSSR count). The van der Waals surface area contributed by atoms with Crippen molar-refractivity contribution in [2.24, 2.45) is 0 Å². The molecule has 2 heterocycles. The number of hydrogen-bond donors (Lipinski definition) is 1. The standard InChI is InChI=1S/C20H22BrClN2O2/c1-12-3-5-13(6-4-12)10-24-11-20(7-15(25)16(8-20)26-2)17-18(22)14(21)9-23-19(17)24/h3-6,9,15-16,25H,7-8,10-11H2,1-2H3/t15-,16-,20-/m1/s1. The fourth-order valence-electron chi connectivity index (χ4n) is 4.44. The predicted octanol–water partition coefficient (Wildman–Crippen LogP) is 4.23. The van der Waals surface area contributed by atoms with Crippen molar-refractivity contribution in [3.63, 3.8) is 0 Å². The van der Waals surface area contributed by atoms with Gasteiger partial charge in [0.05, 0.1) is 21.7 Å². The van der Waals surface area contributed by atoms with E-state index in [9.17, 15) is 5.11 Å². The van der Waals surface area contributed by atoms with Crippen LogP contribution >= 0.6 is 27.5 Å². The predicted molar refractivity (Wildman–Crippen MR) is 107 cm³/mol. The molecule has 0 saturated heterocycles. The summed E-state index contributed by atoms with van der Waals surface area (Å²) in [5.74, 6) is 0.919. The number of anilines is 1. The normalized spacial score (nSPS) is 27.3. The Kier molecular flexibility index (Phi) is 4.76. The minimum absolute atomic E-state index is 0.169. The van der Waals surface area contributed by atoms with Crippen LogP contribution in [0.1, 0.15) is 29.5 Å². The zero-order valence-corrected chi connectivity index (χ0v) is 17.2. The van der Waals surface area contributed by atoms with E-state index in [1.54, 1.807) is 13.3 Å². The number of halogens is 2. The van der Waals surface area contributed by atoms with E-state index in [-0.39, 0.29) is 11.5 Å². The van der Waals surface area contributed by atoms with E-state index < -0.39 is 6.10 Å². The lowest BCUT2D eigenvalue weighted by atomic mass is 9.81. The third kappa shape index (κ3) is 2.95. The van der Waals surface area contributed by atoms with Crippen LogP contribution < -0.4 is 4.90 Å². The number of methoxy groups -OCH3 is 1. The molecule has 138 valence electrons. The maximum Gasteiger partial charge on any atom is 0.134 e. The molecule has 0 radical (unpaired) electrons. The number of aryl methyl sites for hydroxylation is 1. The van der Waals surface area contributed by atoms with E-state index in [0.29, 0.717) is 11.4 Å². The van der Waals surface area contributed by atoms with E-state index in [0.717, 1.165) is 35.4 Å². The van der Waals surface area contributed by atoms with Gasteiger partial charge in [0.2, 0.25) is 0 Å². The molecular formula is C20H22BrClN2O2. The summed E-state index contributed by atoms with van der Waals surface area (Å²) in [5.41, 5.74) is 3.30.